The van der Waals surface area contributed by atoms with Gasteiger partial charge in [0.1, 0.15) is 17.6 Å². The molecule has 0 radical (unpaired) electrons. The molecule has 0 N–H and O–H groups in total. The summed E-state index contributed by atoms with van der Waals surface area (Å²) in [4.78, 5) is 19.2. The van der Waals surface area contributed by atoms with E-state index in [0.29, 0.717) is 24.9 Å². The molecule has 1 amide bonds. The second-order valence-electron chi connectivity index (χ2n) is 7.54. The molecule has 2 aliphatic rings. The van der Waals surface area contributed by atoms with Crippen LogP contribution in [0.25, 0.3) is 0 Å². The van der Waals surface area contributed by atoms with Crippen LogP contribution in [0.2, 0.25) is 0 Å². The molecule has 2 bridgehead atoms. The van der Waals surface area contributed by atoms with Crippen molar-refractivity contribution in [2.45, 2.75) is 56.7 Å². The van der Waals surface area contributed by atoms with Crippen molar-refractivity contribution < 1.29 is 14.3 Å². The number of amides is 1. The molecule has 2 aliphatic heterocycles. The van der Waals surface area contributed by atoms with Crippen LogP contribution in [0.1, 0.15) is 37.7 Å². The second kappa shape index (κ2) is 8.52. The van der Waals surface area contributed by atoms with Gasteiger partial charge in [0.25, 0.3) is 0 Å². The summed E-state index contributed by atoms with van der Waals surface area (Å²) in [6.45, 7) is 0. The summed E-state index contributed by atoms with van der Waals surface area (Å²) in [7, 11) is 1.67. The van der Waals surface area contributed by atoms with E-state index in [1.807, 2.05) is 30.3 Å². The molecule has 2 saturated heterocycles. The molecular formula is C22H25BrN2O3. The third-order valence-electron chi connectivity index (χ3n) is 5.78. The van der Waals surface area contributed by atoms with Crippen molar-refractivity contribution in [2.75, 3.05) is 7.11 Å². The zero-order valence-electron chi connectivity index (χ0n) is 16.0. The first-order chi connectivity index (χ1) is 13.6. The van der Waals surface area contributed by atoms with E-state index in [-0.39, 0.29) is 12.0 Å². The predicted octanol–water partition coefficient (Wildman–Crippen LogP) is 4.39. The monoisotopic (exact) mass is 444 g/mol. The van der Waals surface area contributed by atoms with E-state index in [0.717, 1.165) is 47.2 Å². The highest BCUT2D eigenvalue weighted by atomic mass is 79.9. The summed E-state index contributed by atoms with van der Waals surface area (Å²) in [5.74, 6) is 1.95. The van der Waals surface area contributed by atoms with Crippen LogP contribution in [0, 0.1) is 0 Å². The number of ether oxygens (including phenoxy) is 2. The summed E-state index contributed by atoms with van der Waals surface area (Å²) in [6.07, 6.45) is 8.84. The Kier molecular flexibility index (Phi) is 5.85. The molecule has 1 aromatic carbocycles. The Morgan fingerprint density at radius 1 is 1.18 bits per heavy atom. The van der Waals surface area contributed by atoms with E-state index < -0.39 is 0 Å². The highest BCUT2D eigenvalue weighted by Gasteiger charge is 2.43. The van der Waals surface area contributed by atoms with Crippen molar-refractivity contribution in [2.24, 2.45) is 0 Å². The number of aryl methyl sites for hydroxylation is 1. The van der Waals surface area contributed by atoms with Crippen molar-refractivity contribution in [3.63, 3.8) is 0 Å². The lowest BCUT2D eigenvalue weighted by Gasteiger charge is -2.39. The Morgan fingerprint density at radius 2 is 1.89 bits per heavy atom. The highest BCUT2D eigenvalue weighted by molar-refractivity contribution is 9.10. The van der Waals surface area contributed by atoms with Crippen molar-refractivity contribution in [3.05, 3.63) is 52.8 Å². The molecule has 148 valence electrons. The number of piperidine rings is 1. The van der Waals surface area contributed by atoms with Crippen LogP contribution in [0.15, 0.2) is 47.2 Å². The van der Waals surface area contributed by atoms with Crippen LogP contribution in [-0.4, -0.2) is 41.1 Å². The normalized spacial score (nSPS) is 23.5. The van der Waals surface area contributed by atoms with E-state index in [1.165, 1.54) is 0 Å². The molecule has 2 atom stereocenters. The van der Waals surface area contributed by atoms with Gasteiger partial charge < -0.3 is 14.4 Å². The number of carbonyl (C=O) groups is 1. The van der Waals surface area contributed by atoms with E-state index in [4.69, 9.17) is 9.47 Å². The molecule has 2 fully saturated rings. The standard InChI is InChI=1S/C22H25BrN2O3/c1-27-21-6-3-16(23)12-15(21)2-7-22(26)25-17-4-5-18(25)14-20(13-17)28-19-8-10-24-11-9-19/h3,6,8-12,17-18,20H,2,4-5,7,13-14H2,1H3/t17-,18-/m0/s1. The molecular weight excluding hydrogens is 420 g/mol. The molecule has 6 heteroatoms. The van der Waals surface area contributed by atoms with Gasteiger partial charge >= 0.3 is 0 Å². The van der Waals surface area contributed by atoms with Crippen LogP contribution >= 0.6 is 15.9 Å². The van der Waals surface area contributed by atoms with Crippen LogP contribution in [-0.2, 0) is 11.2 Å². The topological polar surface area (TPSA) is 51.7 Å². The summed E-state index contributed by atoms with van der Waals surface area (Å²) < 4.78 is 12.6. The minimum atomic E-state index is 0.175. The summed E-state index contributed by atoms with van der Waals surface area (Å²) in [6, 6.07) is 10.3. The van der Waals surface area contributed by atoms with E-state index in [2.05, 4.69) is 25.8 Å². The van der Waals surface area contributed by atoms with Gasteiger partial charge in [-0.1, -0.05) is 15.9 Å². The maximum Gasteiger partial charge on any atom is 0.223 e. The Morgan fingerprint density at radius 3 is 2.57 bits per heavy atom. The third kappa shape index (κ3) is 4.17. The number of halogens is 1. The molecule has 0 unspecified atom stereocenters. The van der Waals surface area contributed by atoms with Crippen LogP contribution in [0.4, 0.5) is 0 Å². The highest BCUT2D eigenvalue weighted by Crippen LogP contribution is 2.38. The van der Waals surface area contributed by atoms with Crippen molar-refractivity contribution in [3.8, 4) is 11.5 Å². The van der Waals surface area contributed by atoms with Gasteiger partial charge in [-0.15, -0.1) is 0 Å². The second-order valence-corrected chi connectivity index (χ2v) is 8.45. The first-order valence-electron chi connectivity index (χ1n) is 9.84. The van der Waals surface area contributed by atoms with Gasteiger partial charge in [0.15, 0.2) is 0 Å². The van der Waals surface area contributed by atoms with Crippen molar-refractivity contribution >= 4 is 21.8 Å². The molecule has 0 saturated carbocycles. The first-order valence-corrected chi connectivity index (χ1v) is 10.6. The number of nitrogens with zero attached hydrogens (tertiary/aromatic N) is 2. The maximum absolute atomic E-state index is 13.0. The van der Waals surface area contributed by atoms with E-state index >= 15 is 0 Å². The van der Waals surface area contributed by atoms with Crippen molar-refractivity contribution in [1.29, 1.82) is 0 Å². The van der Waals surface area contributed by atoms with Gasteiger partial charge in [-0.05, 0) is 55.2 Å². The average Bonchev–Trinajstić information content (AvgIpc) is 2.98. The Labute approximate surface area is 174 Å². The SMILES string of the molecule is COc1ccc(Br)cc1CCC(=O)N1[C@H]2CC[C@H]1CC(Oc1ccncc1)C2. The summed E-state index contributed by atoms with van der Waals surface area (Å²) >= 11 is 3.50. The molecule has 0 aliphatic carbocycles. The van der Waals surface area contributed by atoms with Crippen LogP contribution < -0.4 is 9.47 Å². The van der Waals surface area contributed by atoms with Gasteiger partial charge in [0.2, 0.25) is 5.91 Å². The fourth-order valence-electron chi connectivity index (χ4n) is 4.55. The van der Waals surface area contributed by atoms with Gasteiger partial charge in [0.05, 0.1) is 7.11 Å². The number of methoxy groups -OCH3 is 1. The third-order valence-corrected chi connectivity index (χ3v) is 6.27. The number of fused-ring (bicyclic) bond motifs is 2. The Hall–Kier alpha value is -2.08. The average molecular weight is 445 g/mol. The largest absolute Gasteiger partial charge is 0.496 e. The number of carbonyl (C=O) groups excluding carboxylic acids is 1. The predicted molar refractivity (Wildman–Crippen MR) is 111 cm³/mol. The fraction of sp³-hybridized carbons (Fsp3) is 0.455. The number of benzene rings is 1. The van der Waals surface area contributed by atoms with Crippen molar-refractivity contribution in [1.82, 2.24) is 9.88 Å². The lowest BCUT2D eigenvalue weighted by molar-refractivity contribution is -0.137. The lowest BCUT2D eigenvalue weighted by atomic mass is 9.98. The smallest absolute Gasteiger partial charge is 0.223 e. The molecule has 5 nitrogen and oxygen atoms in total. The van der Waals surface area contributed by atoms with E-state index in [9.17, 15) is 4.79 Å². The molecule has 4 rings (SSSR count). The number of hydrogen-bond acceptors (Lipinski definition) is 4. The fourth-order valence-corrected chi connectivity index (χ4v) is 4.96. The Bertz CT molecular complexity index is 816. The van der Waals surface area contributed by atoms with Gasteiger partial charge in [-0.3, -0.25) is 9.78 Å². The number of rotatable bonds is 6. The first kappa shape index (κ1) is 19.2. The molecule has 2 aromatic rings. The van der Waals surface area contributed by atoms with Gasteiger partial charge in [-0.2, -0.15) is 0 Å². The Balaban J connectivity index is 1.37. The lowest BCUT2D eigenvalue weighted by Crippen LogP contribution is -2.49. The van der Waals surface area contributed by atoms with Gasteiger partial charge in [0, 0.05) is 48.2 Å². The number of pyridine rings is 1. The number of aromatic nitrogens is 1. The molecule has 28 heavy (non-hydrogen) atoms. The summed E-state index contributed by atoms with van der Waals surface area (Å²) in [5.41, 5.74) is 1.06. The number of hydrogen-bond donors (Lipinski definition) is 0. The molecule has 0 spiro atoms. The molecule has 3 heterocycles. The maximum atomic E-state index is 13.0. The quantitative estimate of drug-likeness (QED) is 0.662. The van der Waals surface area contributed by atoms with Crippen LogP contribution in [0.5, 0.6) is 11.5 Å². The minimum Gasteiger partial charge on any atom is -0.496 e. The zero-order valence-corrected chi connectivity index (χ0v) is 17.6. The summed E-state index contributed by atoms with van der Waals surface area (Å²) in [5, 5.41) is 0. The minimum absolute atomic E-state index is 0.175. The van der Waals surface area contributed by atoms with E-state index in [1.54, 1.807) is 19.5 Å². The zero-order chi connectivity index (χ0) is 19.5. The molecule has 1 aromatic heterocycles. The van der Waals surface area contributed by atoms with Gasteiger partial charge in [-0.25, -0.2) is 0 Å². The van der Waals surface area contributed by atoms with Crippen LogP contribution in [0.3, 0.4) is 0 Å².